The fraction of sp³-hybridized carbons (Fsp3) is 0.400. The Morgan fingerprint density at radius 3 is 2.29 bits per heavy atom. The summed E-state index contributed by atoms with van der Waals surface area (Å²) in [7, 11) is 0. The first-order chi connectivity index (χ1) is 7.99. The van der Waals surface area contributed by atoms with E-state index < -0.39 is 0 Å². The number of hydrogen-bond acceptors (Lipinski definition) is 1. The molecular weight excluding hydrogens is 210 g/mol. The molecule has 0 saturated carbocycles. The van der Waals surface area contributed by atoms with E-state index in [1.165, 1.54) is 5.56 Å². The molecule has 1 aromatic heterocycles. The minimum Gasteiger partial charge on any atom is -0.358 e. The van der Waals surface area contributed by atoms with Crippen molar-refractivity contribution in [2.75, 3.05) is 0 Å². The number of aromatic nitrogens is 1. The summed E-state index contributed by atoms with van der Waals surface area (Å²) in [6.07, 6.45) is 0. The van der Waals surface area contributed by atoms with Crippen LogP contribution in [0.1, 0.15) is 50.8 Å². The number of pyridine rings is 1. The molecular formula is C15H19NO. The lowest BCUT2D eigenvalue weighted by molar-refractivity contribution is 0.827. The largest absolute Gasteiger partial charge is 0.358 e. The first-order valence-corrected chi connectivity index (χ1v) is 6.16. The molecule has 2 rings (SSSR count). The Bertz CT molecular complexity index is 593. The molecule has 0 bridgehead atoms. The molecule has 0 aliphatic heterocycles. The van der Waals surface area contributed by atoms with Gasteiger partial charge in [-0.1, -0.05) is 33.8 Å². The van der Waals surface area contributed by atoms with Crippen molar-refractivity contribution in [1.29, 1.82) is 0 Å². The molecule has 0 fully saturated rings. The van der Waals surface area contributed by atoms with Crippen LogP contribution in [-0.2, 0) is 0 Å². The molecule has 2 heteroatoms. The lowest BCUT2D eigenvalue weighted by atomic mass is 10.00. The average molecular weight is 229 g/mol. The van der Waals surface area contributed by atoms with E-state index in [0.717, 1.165) is 16.6 Å². The lowest BCUT2D eigenvalue weighted by Crippen LogP contribution is -2.06. The Hall–Kier alpha value is -1.57. The van der Waals surface area contributed by atoms with Gasteiger partial charge in [-0.3, -0.25) is 4.79 Å². The Morgan fingerprint density at radius 2 is 1.71 bits per heavy atom. The van der Waals surface area contributed by atoms with Crippen LogP contribution in [0.4, 0.5) is 0 Å². The number of benzene rings is 1. The summed E-state index contributed by atoms with van der Waals surface area (Å²) >= 11 is 0. The van der Waals surface area contributed by atoms with Crippen LogP contribution in [0, 0.1) is 0 Å². The molecule has 1 N–H and O–H groups in total. The highest BCUT2D eigenvalue weighted by atomic mass is 16.1. The van der Waals surface area contributed by atoms with E-state index in [4.69, 9.17) is 0 Å². The molecule has 90 valence electrons. The summed E-state index contributed by atoms with van der Waals surface area (Å²) in [6, 6.07) is 7.82. The zero-order chi connectivity index (χ0) is 12.6. The van der Waals surface area contributed by atoms with Gasteiger partial charge in [0.05, 0.1) is 0 Å². The van der Waals surface area contributed by atoms with Gasteiger partial charge in [-0.25, -0.2) is 0 Å². The monoisotopic (exact) mass is 229 g/mol. The highest BCUT2D eigenvalue weighted by Crippen LogP contribution is 2.20. The third kappa shape index (κ3) is 2.26. The Labute approximate surface area is 102 Å². The fourth-order valence-corrected chi connectivity index (χ4v) is 1.96. The Morgan fingerprint density at radius 1 is 1.00 bits per heavy atom. The highest BCUT2D eigenvalue weighted by Gasteiger charge is 2.07. The first kappa shape index (κ1) is 11.9. The molecule has 17 heavy (non-hydrogen) atoms. The van der Waals surface area contributed by atoms with Gasteiger partial charge < -0.3 is 4.98 Å². The zero-order valence-corrected chi connectivity index (χ0v) is 10.9. The first-order valence-electron chi connectivity index (χ1n) is 6.16. The summed E-state index contributed by atoms with van der Waals surface area (Å²) in [5.74, 6) is 0.792. The maximum atomic E-state index is 12.1. The van der Waals surface area contributed by atoms with E-state index in [9.17, 15) is 4.79 Å². The predicted octanol–water partition coefficient (Wildman–Crippen LogP) is 3.77. The van der Waals surface area contributed by atoms with Crippen LogP contribution < -0.4 is 5.43 Å². The number of hydrogen-bond donors (Lipinski definition) is 1. The van der Waals surface area contributed by atoms with E-state index >= 15 is 0 Å². The van der Waals surface area contributed by atoms with Gasteiger partial charge in [-0.05, 0) is 29.5 Å². The van der Waals surface area contributed by atoms with Crippen LogP contribution in [0.3, 0.4) is 0 Å². The second-order valence-electron chi connectivity index (χ2n) is 5.20. The summed E-state index contributed by atoms with van der Waals surface area (Å²) in [5.41, 5.74) is 3.26. The van der Waals surface area contributed by atoms with Crippen molar-refractivity contribution in [3.63, 3.8) is 0 Å². The van der Waals surface area contributed by atoms with Crippen molar-refractivity contribution in [2.45, 2.75) is 39.5 Å². The van der Waals surface area contributed by atoms with Crippen molar-refractivity contribution in [1.82, 2.24) is 4.98 Å². The van der Waals surface area contributed by atoms with Gasteiger partial charge in [0.25, 0.3) is 0 Å². The van der Waals surface area contributed by atoms with Gasteiger partial charge in [0, 0.05) is 22.7 Å². The van der Waals surface area contributed by atoms with Crippen LogP contribution in [0.5, 0.6) is 0 Å². The van der Waals surface area contributed by atoms with Crippen LogP contribution in [0.15, 0.2) is 29.1 Å². The molecule has 0 spiro atoms. The van der Waals surface area contributed by atoms with E-state index in [2.05, 4.69) is 38.7 Å². The SMILES string of the molecule is CC(C)c1ccc2[nH]c(C(C)C)cc(=O)c2c1. The molecule has 0 unspecified atom stereocenters. The number of aromatic amines is 1. The van der Waals surface area contributed by atoms with Crippen molar-refractivity contribution in [3.8, 4) is 0 Å². The Balaban J connectivity index is 2.69. The molecule has 0 aliphatic carbocycles. The molecule has 0 atom stereocenters. The lowest BCUT2D eigenvalue weighted by Gasteiger charge is -2.10. The van der Waals surface area contributed by atoms with E-state index in [-0.39, 0.29) is 5.43 Å². The summed E-state index contributed by atoms with van der Waals surface area (Å²) in [6.45, 7) is 8.44. The highest BCUT2D eigenvalue weighted by molar-refractivity contribution is 5.79. The zero-order valence-electron chi connectivity index (χ0n) is 10.9. The van der Waals surface area contributed by atoms with Gasteiger partial charge in [0.2, 0.25) is 0 Å². The molecule has 0 saturated heterocycles. The van der Waals surface area contributed by atoms with E-state index in [0.29, 0.717) is 11.8 Å². The topological polar surface area (TPSA) is 32.9 Å². The maximum Gasteiger partial charge on any atom is 0.189 e. The van der Waals surface area contributed by atoms with Crippen molar-refractivity contribution in [2.24, 2.45) is 0 Å². The number of rotatable bonds is 2. The molecule has 2 nitrogen and oxygen atoms in total. The Kier molecular flexibility index (Phi) is 3.05. The molecule has 0 radical (unpaired) electrons. The molecule has 1 aromatic carbocycles. The number of nitrogens with one attached hydrogen (secondary N) is 1. The van der Waals surface area contributed by atoms with Crippen molar-refractivity contribution >= 4 is 10.9 Å². The van der Waals surface area contributed by atoms with Gasteiger partial charge in [0.1, 0.15) is 0 Å². The third-order valence-electron chi connectivity index (χ3n) is 3.16. The van der Waals surface area contributed by atoms with Crippen LogP contribution >= 0.6 is 0 Å². The van der Waals surface area contributed by atoms with E-state index in [1.54, 1.807) is 6.07 Å². The molecule has 1 heterocycles. The van der Waals surface area contributed by atoms with Gasteiger partial charge in [-0.2, -0.15) is 0 Å². The van der Waals surface area contributed by atoms with Gasteiger partial charge in [-0.15, -0.1) is 0 Å². The van der Waals surface area contributed by atoms with E-state index in [1.807, 2.05) is 12.1 Å². The van der Waals surface area contributed by atoms with Crippen LogP contribution in [0.2, 0.25) is 0 Å². The van der Waals surface area contributed by atoms with Crippen LogP contribution in [-0.4, -0.2) is 4.98 Å². The minimum atomic E-state index is 0.116. The summed E-state index contributed by atoms with van der Waals surface area (Å²) in [5, 5.41) is 0.792. The standard InChI is InChI=1S/C15H19NO/c1-9(2)11-5-6-13-12(7-11)15(17)8-14(16-13)10(3)4/h5-10H,1-4H3,(H,16,17). The number of fused-ring (bicyclic) bond motifs is 1. The maximum absolute atomic E-state index is 12.1. The normalized spacial score (nSPS) is 11.6. The quantitative estimate of drug-likeness (QED) is 0.835. The van der Waals surface area contributed by atoms with Gasteiger partial charge >= 0.3 is 0 Å². The van der Waals surface area contributed by atoms with Crippen molar-refractivity contribution in [3.05, 3.63) is 45.7 Å². The third-order valence-corrected chi connectivity index (χ3v) is 3.16. The molecule has 0 amide bonds. The van der Waals surface area contributed by atoms with Crippen LogP contribution in [0.25, 0.3) is 10.9 Å². The van der Waals surface area contributed by atoms with Crippen molar-refractivity contribution < 1.29 is 0 Å². The number of H-pyrrole nitrogens is 1. The molecule has 2 aromatic rings. The predicted molar refractivity (Wildman–Crippen MR) is 72.7 cm³/mol. The second-order valence-corrected chi connectivity index (χ2v) is 5.20. The molecule has 0 aliphatic rings. The summed E-state index contributed by atoms with van der Waals surface area (Å²) in [4.78, 5) is 15.4. The second kappa shape index (κ2) is 4.36. The van der Waals surface area contributed by atoms with Gasteiger partial charge in [0.15, 0.2) is 5.43 Å². The smallest absolute Gasteiger partial charge is 0.189 e. The minimum absolute atomic E-state index is 0.116. The summed E-state index contributed by atoms with van der Waals surface area (Å²) < 4.78 is 0. The fourth-order valence-electron chi connectivity index (χ4n) is 1.96. The average Bonchev–Trinajstić information content (AvgIpc) is 2.28.